The molecule has 7 heteroatoms. The first-order chi connectivity index (χ1) is 11.0. The predicted molar refractivity (Wildman–Crippen MR) is 82.9 cm³/mol. The minimum Gasteiger partial charge on any atom is -0.486 e. The molecule has 0 bridgehead atoms. The van der Waals surface area contributed by atoms with Gasteiger partial charge in [-0.05, 0) is 13.8 Å². The average Bonchev–Trinajstić information content (AvgIpc) is 2.56. The molecule has 0 fully saturated rings. The molecule has 2 aromatic rings. The largest absolute Gasteiger partial charge is 0.486 e. The van der Waals surface area contributed by atoms with E-state index in [9.17, 15) is 20.1 Å². The molecular formula is C16H20N2O5. The fourth-order valence-electron chi connectivity index (χ4n) is 2.34. The van der Waals surface area contributed by atoms with Crippen LogP contribution in [0.4, 0.5) is 0 Å². The number of aliphatic hydroxyl groups excluding tert-OH is 3. The third-order valence-corrected chi connectivity index (χ3v) is 3.71. The van der Waals surface area contributed by atoms with Gasteiger partial charge in [-0.15, -0.1) is 0 Å². The Bertz CT molecular complexity index is 755. The van der Waals surface area contributed by atoms with Crippen LogP contribution in [-0.2, 0) is 26.4 Å². The number of pyridine rings is 2. The van der Waals surface area contributed by atoms with Crippen molar-refractivity contribution < 1.29 is 20.1 Å². The van der Waals surface area contributed by atoms with Gasteiger partial charge in [-0.25, -0.2) is 0 Å². The van der Waals surface area contributed by atoms with Gasteiger partial charge in [0.1, 0.15) is 12.4 Å². The second-order valence-electron chi connectivity index (χ2n) is 5.20. The highest BCUT2D eigenvalue weighted by Crippen LogP contribution is 2.26. The summed E-state index contributed by atoms with van der Waals surface area (Å²) < 4.78 is 5.70. The summed E-state index contributed by atoms with van der Waals surface area (Å²) >= 11 is 0. The van der Waals surface area contributed by atoms with E-state index in [0.717, 1.165) is 0 Å². The zero-order valence-corrected chi connectivity index (χ0v) is 13.1. The van der Waals surface area contributed by atoms with Crippen LogP contribution in [0.3, 0.4) is 0 Å². The van der Waals surface area contributed by atoms with E-state index >= 15 is 0 Å². The van der Waals surface area contributed by atoms with Crippen molar-refractivity contribution in [3.8, 4) is 5.75 Å². The van der Waals surface area contributed by atoms with Crippen LogP contribution in [0.1, 0.15) is 33.6 Å². The maximum absolute atomic E-state index is 12.2. The van der Waals surface area contributed by atoms with E-state index in [1.54, 1.807) is 13.8 Å². The number of rotatable bonds is 6. The normalized spacial score (nSPS) is 10.8. The van der Waals surface area contributed by atoms with Gasteiger partial charge in [-0.1, -0.05) is 0 Å². The minimum atomic E-state index is -0.314. The Labute approximate surface area is 133 Å². The number of hydrogen-bond acceptors (Lipinski definition) is 6. The maximum atomic E-state index is 12.2. The summed E-state index contributed by atoms with van der Waals surface area (Å²) in [7, 11) is 0. The Morgan fingerprint density at radius 2 is 1.87 bits per heavy atom. The first-order valence-electron chi connectivity index (χ1n) is 7.16. The van der Waals surface area contributed by atoms with Crippen molar-refractivity contribution in [1.82, 2.24) is 9.97 Å². The fourth-order valence-corrected chi connectivity index (χ4v) is 2.34. The quantitative estimate of drug-likeness (QED) is 0.614. The molecule has 0 amide bonds. The Morgan fingerprint density at radius 3 is 2.48 bits per heavy atom. The molecule has 23 heavy (non-hydrogen) atoms. The molecule has 4 N–H and O–H groups in total. The molecule has 124 valence electrons. The minimum absolute atomic E-state index is 0.0721. The van der Waals surface area contributed by atoms with E-state index in [0.29, 0.717) is 39.4 Å². The van der Waals surface area contributed by atoms with E-state index < -0.39 is 0 Å². The summed E-state index contributed by atoms with van der Waals surface area (Å²) in [5.74, 6) is 0.337. The number of nitrogens with zero attached hydrogens (tertiary/aromatic N) is 1. The highest BCUT2D eigenvalue weighted by molar-refractivity contribution is 5.41. The van der Waals surface area contributed by atoms with Gasteiger partial charge in [0.2, 0.25) is 0 Å². The number of hydrogen-bond donors (Lipinski definition) is 4. The van der Waals surface area contributed by atoms with Crippen LogP contribution in [-0.4, -0.2) is 25.3 Å². The number of aliphatic hydroxyl groups is 3. The highest BCUT2D eigenvalue weighted by Gasteiger charge is 2.15. The van der Waals surface area contributed by atoms with E-state index in [1.165, 1.54) is 12.4 Å². The molecule has 0 unspecified atom stereocenters. The summed E-state index contributed by atoms with van der Waals surface area (Å²) in [5.41, 5.74) is 2.47. The molecule has 0 radical (unpaired) electrons. The summed E-state index contributed by atoms with van der Waals surface area (Å²) in [6, 6.07) is 0. The zero-order chi connectivity index (χ0) is 17.0. The maximum Gasteiger partial charge on any atom is 0.191 e. The van der Waals surface area contributed by atoms with Gasteiger partial charge in [-0.3, -0.25) is 9.78 Å². The van der Waals surface area contributed by atoms with Gasteiger partial charge in [-0.2, -0.15) is 0 Å². The summed E-state index contributed by atoms with van der Waals surface area (Å²) in [4.78, 5) is 19.2. The fraction of sp³-hybridized carbons (Fsp3) is 0.375. The molecule has 0 atom stereocenters. The second kappa shape index (κ2) is 7.36. The molecule has 0 aliphatic heterocycles. The summed E-state index contributed by atoms with van der Waals surface area (Å²) in [5, 5.41) is 28.2. The Hall–Kier alpha value is -2.22. The number of ether oxygens (including phenoxy) is 1. The number of H-pyrrole nitrogens is 1. The standard InChI is InChI=1S/C16H20N2O5/c1-9-3-18-14(7-21)13(15(9)22)8-23-16-10(2)17-4-11(5-19)12(16)6-20/h3-4,19-21H,5-8H2,1-2H3,(H,18,22). The van der Waals surface area contributed by atoms with Gasteiger partial charge in [0, 0.05) is 29.1 Å². The third-order valence-electron chi connectivity index (χ3n) is 3.71. The summed E-state index contributed by atoms with van der Waals surface area (Å²) in [6.45, 7) is 2.41. The van der Waals surface area contributed by atoms with Crippen LogP contribution in [0, 0.1) is 13.8 Å². The van der Waals surface area contributed by atoms with Crippen LogP contribution in [0.2, 0.25) is 0 Å². The molecule has 2 heterocycles. The SMILES string of the molecule is Cc1ncc(CO)c(CO)c1OCc1c(CO)[nH]cc(C)c1=O. The number of aromatic nitrogens is 2. The molecule has 0 aromatic carbocycles. The van der Waals surface area contributed by atoms with Crippen molar-refractivity contribution in [2.75, 3.05) is 0 Å². The van der Waals surface area contributed by atoms with Crippen LogP contribution in [0.5, 0.6) is 5.75 Å². The van der Waals surface area contributed by atoms with Gasteiger partial charge in [0.25, 0.3) is 0 Å². The third kappa shape index (κ3) is 3.42. The lowest BCUT2D eigenvalue weighted by molar-refractivity contribution is 0.238. The average molecular weight is 320 g/mol. The van der Waals surface area contributed by atoms with E-state index in [1.807, 2.05) is 0 Å². The first-order valence-corrected chi connectivity index (χ1v) is 7.16. The van der Waals surface area contributed by atoms with Crippen LogP contribution >= 0.6 is 0 Å². The molecule has 0 aliphatic carbocycles. The number of nitrogens with one attached hydrogen (secondary N) is 1. The molecule has 0 saturated carbocycles. The lowest BCUT2D eigenvalue weighted by Crippen LogP contribution is -2.19. The van der Waals surface area contributed by atoms with Crippen LogP contribution < -0.4 is 10.2 Å². The molecule has 2 rings (SSSR count). The van der Waals surface area contributed by atoms with E-state index in [-0.39, 0.29) is 31.9 Å². The predicted octanol–water partition coefficient (Wildman–Crippen LogP) is 0.443. The van der Waals surface area contributed by atoms with Crippen LogP contribution in [0.15, 0.2) is 17.2 Å². The Kier molecular flexibility index (Phi) is 5.49. The molecule has 0 saturated heterocycles. The van der Waals surface area contributed by atoms with Crippen LogP contribution in [0.25, 0.3) is 0 Å². The van der Waals surface area contributed by atoms with Crippen molar-refractivity contribution in [1.29, 1.82) is 0 Å². The van der Waals surface area contributed by atoms with Crippen molar-refractivity contribution in [3.05, 3.63) is 56.3 Å². The zero-order valence-electron chi connectivity index (χ0n) is 13.1. The van der Waals surface area contributed by atoms with Crippen molar-refractivity contribution >= 4 is 0 Å². The van der Waals surface area contributed by atoms with Gasteiger partial charge in [0.15, 0.2) is 5.43 Å². The molecular weight excluding hydrogens is 300 g/mol. The van der Waals surface area contributed by atoms with Gasteiger partial charge >= 0.3 is 0 Å². The van der Waals surface area contributed by atoms with E-state index in [4.69, 9.17) is 4.74 Å². The van der Waals surface area contributed by atoms with Crippen molar-refractivity contribution in [2.24, 2.45) is 0 Å². The van der Waals surface area contributed by atoms with Crippen molar-refractivity contribution in [2.45, 2.75) is 40.3 Å². The Morgan fingerprint density at radius 1 is 1.13 bits per heavy atom. The first kappa shape index (κ1) is 17.1. The summed E-state index contributed by atoms with van der Waals surface area (Å²) in [6.07, 6.45) is 3.02. The highest BCUT2D eigenvalue weighted by atomic mass is 16.5. The van der Waals surface area contributed by atoms with Crippen molar-refractivity contribution in [3.63, 3.8) is 0 Å². The van der Waals surface area contributed by atoms with Gasteiger partial charge in [0.05, 0.1) is 36.8 Å². The van der Waals surface area contributed by atoms with Gasteiger partial charge < -0.3 is 25.0 Å². The second-order valence-corrected chi connectivity index (χ2v) is 5.20. The molecule has 7 nitrogen and oxygen atoms in total. The Balaban J connectivity index is 2.39. The number of aryl methyl sites for hydroxylation is 2. The topological polar surface area (TPSA) is 116 Å². The van der Waals surface area contributed by atoms with E-state index in [2.05, 4.69) is 9.97 Å². The number of aromatic amines is 1. The smallest absolute Gasteiger partial charge is 0.191 e. The lowest BCUT2D eigenvalue weighted by atomic mass is 10.1. The molecule has 0 spiro atoms. The molecule has 2 aromatic heterocycles. The monoisotopic (exact) mass is 320 g/mol. The molecule has 0 aliphatic rings. The lowest BCUT2D eigenvalue weighted by Gasteiger charge is -2.16.